The number of aryl methyl sites for hydroxylation is 1. The smallest absolute Gasteiger partial charge is 0.303 e. The third kappa shape index (κ3) is 4.71. The zero-order chi connectivity index (χ0) is 16.7. The van der Waals surface area contributed by atoms with E-state index in [1.54, 1.807) is 6.07 Å². The molecule has 1 heterocycles. The SMILES string of the molecule is CCCc1occc1C(=O)NC(CCC(=O)O)c1ccccc1. The van der Waals surface area contributed by atoms with Crippen molar-refractivity contribution in [2.75, 3.05) is 0 Å². The first-order chi connectivity index (χ1) is 11.1. The van der Waals surface area contributed by atoms with Crippen molar-refractivity contribution < 1.29 is 19.1 Å². The van der Waals surface area contributed by atoms with Gasteiger partial charge in [0.2, 0.25) is 0 Å². The Morgan fingerprint density at radius 1 is 1.22 bits per heavy atom. The minimum Gasteiger partial charge on any atom is -0.481 e. The zero-order valence-electron chi connectivity index (χ0n) is 13.1. The Kier molecular flexibility index (Phi) is 5.97. The molecule has 0 aliphatic carbocycles. The Morgan fingerprint density at radius 2 is 1.96 bits per heavy atom. The fourth-order valence-electron chi connectivity index (χ4n) is 2.47. The molecule has 0 bridgehead atoms. The standard InChI is InChI=1S/C18H21NO4/c1-2-6-16-14(11-12-23-16)18(22)19-15(9-10-17(20)21)13-7-4-3-5-8-13/h3-5,7-8,11-12,15H,2,6,9-10H2,1H3,(H,19,22)(H,20,21). The highest BCUT2D eigenvalue weighted by Gasteiger charge is 2.20. The number of furan rings is 1. The Hall–Kier alpha value is -2.56. The second kappa shape index (κ2) is 8.17. The summed E-state index contributed by atoms with van der Waals surface area (Å²) >= 11 is 0. The lowest BCUT2D eigenvalue weighted by Crippen LogP contribution is -2.29. The quantitative estimate of drug-likeness (QED) is 0.780. The number of hydrogen-bond donors (Lipinski definition) is 2. The number of nitrogens with one attached hydrogen (secondary N) is 1. The van der Waals surface area contributed by atoms with Crippen LogP contribution in [-0.2, 0) is 11.2 Å². The number of carboxylic acids is 1. The molecule has 0 spiro atoms. The van der Waals surface area contributed by atoms with Crippen molar-refractivity contribution in [2.24, 2.45) is 0 Å². The number of benzene rings is 1. The molecule has 0 saturated carbocycles. The number of carboxylic acid groups (broad SMARTS) is 1. The molecule has 1 aromatic heterocycles. The van der Waals surface area contributed by atoms with Crippen LogP contribution in [0.3, 0.4) is 0 Å². The summed E-state index contributed by atoms with van der Waals surface area (Å²) in [4.78, 5) is 23.4. The molecule has 122 valence electrons. The fourth-order valence-corrected chi connectivity index (χ4v) is 2.47. The Morgan fingerprint density at radius 3 is 2.61 bits per heavy atom. The highest BCUT2D eigenvalue weighted by Crippen LogP contribution is 2.20. The first-order valence-electron chi connectivity index (χ1n) is 7.75. The largest absolute Gasteiger partial charge is 0.481 e. The number of carbonyl (C=O) groups is 2. The fraction of sp³-hybridized carbons (Fsp3) is 0.333. The summed E-state index contributed by atoms with van der Waals surface area (Å²) in [5.74, 6) is -0.452. The van der Waals surface area contributed by atoms with Gasteiger partial charge in [-0.15, -0.1) is 0 Å². The Labute approximate surface area is 135 Å². The van der Waals surface area contributed by atoms with Crippen molar-refractivity contribution in [3.8, 4) is 0 Å². The second-order valence-electron chi connectivity index (χ2n) is 5.38. The molecule has 1 atom stereocenters. The number of rotatable bonds is 8. The van der Waals surface area contributed by atoms with Gasteiger partial charge < -0.3 is 14.8 Å². The van der Waals surface area contributed by atoms with E-state index in [9.17, 15) is 9.59 Å². The van der Waals surface area contributed by atoms with Crippen LogP contribution in [0.2, 0.25) is 0 Å². The molecule has 2 aromatic rings. The maximum Gasteiger partial charge on any atom is 0.303 e. The molecule has 0 radical (unpaired) electrons. The Balaban J connectivity index is 2.14. The first-order valence-corrected chi connectivity index (χ1v) is 7.75. The summed E-state index contributed by atoms with van der Waals surface area (Å²) < 4.78 is 5.36. The summed E-state index contributed by atoms with van der Waals surface area (Å²) in [5.41, 5.74) is 1.41. The molecule has 2 N–H and O–H groups in total. The van der Waals surface area contributed by atoms with E-state index >= 15 is 0 Å². The molecule has 5 nitrogen and oxygen atoms in total. The summed E-state index contributed by atoms with van der Waals surface area (Å²) in [5, 5.41) is 11.8. The average molecular weight is 315 g/mol. The number of hydrogen-bond acceptors (Lipinski definition) is 3. The van der Waals surface area contributed by atoms with E-state index in [0.29, 0.717) is 24.2 Å². The summed E-state index contributed by atoms with van der Waals surface area (Å²) in [6, 6.07) is 10.7. The van der Waals surface area contributed by atoms with E-state index in [1.165, 1.54) is 6.26 Å². The van der Waals surface area contributed by atoms with E-state index in [1.807, 2.05) is 37.3 Å². The molecule has 1 aromatic carbocycles. The molecular formula is C18H21NO4. The minimum absolute atomic E-state index is 0.00690. The molecule has 23 heavy (non-hydrogen) atoms. The predicted octanol–water partition coefficient (Wildman–Crippen LogP) is 3.57. The van der Waals surface area contributed by atoms with Gasteiger partial charge in [-0.05, 0) is 24.5 Å². The van der Waals surface area contributed by atoms with Gasteiger partial charge in [-0.25, -0.2) is 0 Å². The third-order valence-corrected chi connectivity index (χ3v) is 3.62. The van der Waals surface area contributed by atoms with E-state index in [-0.39, 0.29) is 18.4 Å². The van der Waals surface area contributed by atoms with Gasteiger partial charge in [-0.2, -0.15) is 0 Å². The van der Waals surface area contributed by atoms with Gasteiger partial charge in [-0.1, -0.05) is 37.3 Å². The molecule has 1 amide bonds. The normalized spacial score (nSPS) is 11.9. The maximum atomic E-state index is 12.5. The summed E-state index contributed by atoms with van der Waals surface area (Å²) in [6.07, 6.45) is 3.42. The lowest BCUT2D eigenvalue weighted by Gasteiger charge is -2.18. The van der Waals surface area contributed by atoms with Crippen LogP contribution in [0.4, 0.5) is 0 Å². The van der Waals surface area contributed by atoms with Crippen molar-refractivity contribution in [1.82, 2.24) is 5.32 Å². The third-order valence-electron chi connectivity index (χ3n) is 3.62. The van der Waals surface area contributed by atoms with Crippen molar-refractivity contribution >= 4 is 11.9 Å². The van der Waals surface area contributed by atoms with Crippen LogP contribution in [0.1, 0.15) is 53.9 Å². The average Bonchev–Trinajstić information content (AvgIpc) is 3.00. The molecular weight excluding hydrogens is 294 g/mol. The van der Waals surface area contributed by atoms with Crippen molar-refractivity contribution in [1.29, 1.82) is 0 Å². The number of aliphatic carboxylic acids is 1. The van der Waals surface area contributed by atoms with Crippen LogP contribution in [0.25, 0.3) is 0 Å². The molecule has 0 aliphatic heterocycles. The van der Waals surface area contributed by atoms with Gasteiger partial charge in [-0.3, -0.25) is 9.59 Å². The van der Waals surface area contributed by atoms with E-state index in [0.717, 1.165) is 12.0 Å². The van der Waals surface area contributed by atoms with E-state index in [2.05, 4.69) is 5.32 Å². The van der Waals surface area contributed by atoms with Crippen molar-refractivity contribution in [2.45, 2.75) is 38.6 Å². The second-order valence-corrected chi connectivity index (χ2v) is 5.38. The van der Waals surface area contributed by atoms with Crippen LogP contribution in [0, 0.1) is 0 Å². The maximum absolute atomic E-state index is 12.5. The van der Waals surface area contributed by atoms with Crippen molar-refractivity contribution in [3.63, 3.8) is 0 Å². The van der Waals surface area contributed by atoms with Gasteiger partial charge in [0, 0.05) is 12.8 Å². The summed E-state index contributed by atoms with van der Waals surface area (Å²) in [7, 11) is 0. The molecule has 1 unspecified atom stereocenters. The molecule has 0 saturated heterocycles. The highest BCUT2D eigenvalue weighted by molar-refractivity contribution is 5.95. The zero-order valence-corrected chi connectivity index (χ0v) is 13.1. The number of amides is 1. The van der Waals surface area contributed by atoms with Gasteiger partial charge >= 0.3 is 5.97 Å². The topological polar surface area (TPSA) is 79.5 Å². The first kappa shape index (κ1) is 16.8. The van der Waals surface area contributed by atoms with Crippen LogP contribution in [0.15, 0.2) is 47.1 Å². The monoisotopic (exact) mass is 315 g/mol. The lowest BCUT2D eigenvalue weighted by molar-refractivity contribution is -0.137. The van der Waals surface area contributed by atoms with E-state index in [4.69, 9.17) is 9.52 Å². The number of carbonyl (C=O) groups excluding carboxylic acids is 1. The molecule has 5 heteroatoms. The van der Waals surface area contributed by atoms with E-state index < -0.39 is 5.97 Å². The van der Waals surface area contributed by atoms with Crippen LogP contribution >= 0.6 is 0 Å². The minimum atomic E-state index is -0.879. The lowest BCUT2D eigenvalue weighted by atomic mass is 10.0. The highest BCUT2D eigenvalue weighted by atomic mass is 16.4. The van der Waals surface area contributed by atoms with Crippen LogP contribution < -0.4 is 5.32 Å². The van der Waals surface area contributed by atoms with Gasteiger partial charge in [0.25, 0.3) is 5.91 Å². The van der Waals surface area contributed by atoms with Crippen molar-refractivity contribution in [3.05, 3.63) is 59.5 Å². The molecule has 0 fully saturated rings. The predicted molar refractivity (Wildman–Crippen MR) is 86.2 cm³/mol. The van der Waals surface area contributed by atoms with Gasteiger partial charge in [0.05, 0.1) is 17.9 Å². The molecule has 2 rings (SSSR count). The van der Waals surface area contributed by atoms with Crippen LogP contribution in [-0.4, -0.2) is 17.0 Å². The summed E-state index contributed by atoms with van der Waals surface area (Å²) in [6.45, 7) is 2.02. The molecule has 0 aliphatic rings. The van der Waals surface area contributed by atoms with Gasteiger partial charge in [0.1, 0.15) is 5.76 Å². The van der Waals surface area contributed by atoms with Gasteiger partial charge in [0.15, 0.2) is 0 Å². The Bertz CT molecular complexity index is 648. The van der Waals surface area contributed by atoms with Crippen LogP contribution in [0.5, 0.6) is 0 Å².